The van der Waals surface area contributed by atoms with Gasteiger partial charge in [-0.15, -0.1) is 0 Å². The maximum atomic E-state index is 13.0. The molecule has 1 aromatic rings. The van der Waals surface area contributed by atoms with Crippen molar-refractivity contribution in [2.75, 3.05) is 18.8 Å². The van der Waals surface area contributed by atoms with E-state index in [4.69, 9.17) is 11.5 Å². The fraction of sp³-hybridized carbons (Fsp3) is 0.562. The van der Waals surface area contributed by atoms with E-state index in [2.05, 4.69) is 0 Å². The first-order valence-corrected chi connectivity index (χ1v) is 9.44. The van der Waals surface area contributed by atoms with Crippen LogP contribution >= 0.6 is 0 Å². The van der Waals surface area contributed by atoms with Gasteiger partial charge in [-0.2, -0.15) is 4.31 Å². The van der Waals surface area contributed by atoms with E-state index in [1.807, 2.05) is 13.8 Å². The molecule has 7 nitrogen and oxygen atoms in total. The van der Waals surface area contributed by atoms with Crippen molar-refractivity contribution in [1.82, 2.24) is 4.31 Å². The molecule has 1 aromatic carbocycles. The fourth-order valence-corrected chi connectivity index (χ4v) is 4.18. The van der Waals surface area contributed by atoms with E-state index in [0.717, 1.165) is 4.31 Å². The fourth-order valence-electron chi connectivity index (χ4n) is 2.40. The van der Waals surface area contributed by atoms with Gasteiger partial charge in [0.25, 0.3) is 0 Å². The topological polar surface area (TPSA) is 127 Å². The Hall–Kier alpha value is -0.00364. The summed E-state index contributed by atoms with van der Waals surface area (Å²) in [5.41, 5.74) is 11.5. The molecular weight excluding hydrogens is 369 g/mol. The van der Waals surface area contributed by atoms with E-state index in [-0.39, 0.29) is 75.2 Å². The average molecular weight is 398 g/mol. The molecule has 0 heterocycles. The number of hydrogen-bond donors (Lipinski definition) is 3. The number of nitrogens with two attached hydrogens (primary N) is 2. The monoisotopic (exact) mass is 397 g/mol. The molecule has 0 saturated carbocycles. The van der Waals surface area contributed by atoms with Gasteiger partial charge in [0, 0.05) is 12.2 Å². The molecule has 0 aromatic heterocycles. The van der Waals surface area contributed by atoms with Gasteiger partial charge < -0.3 is 16.6 Å². The van der Waals surface area contributed by atoms with Gasteiger partial charge in [0.05, 0.1) is 4.90 Å². The number of carboxylic acid groups (broad SMARTS) is 1. The molecule has 1 rings (SSSR count). The number of anilines is 1. The molecule has 9 heteroatoms. The maximum absolute atomic E-state index is 13.0. The van der Waals surface area contributed by atoms with E-state index in [0.29, 0.717) is 25.1 Å². The van der Waals surface area contributed by atoms with Crippen LogP contribution in [-0.4, -0.2) is 94.3 Å². The van der Waals surface area contributed by atoms with Crippen molar-refractivity contribution in [2.45, 2.75) is 44.0 Å². The van der Waals surface area contributed by atoms with Crippen LogP contribution in [0.3, 0.4) is 0 Å². The van der Waals surface area contributed by atoms with E-state index in [9.17, 15) is 18.3 Å². The summed E-state index contributed by atoms with van der Waals surface area (Å²) in [7, 11) is -3.93. The van der Waals surface area contributed by atoms with Crippen LogP contribution in [0.2, 0.25) is 0 Å². The third-order valence-corrected chi connectivity index (χ3v) is 5.49. The van der Waals surface area contributed by atoms with Crippen LogP contribution in [0.25, 0.3) is 0 Å². The molecule has 0 unspecified atom stereocenters. The number of hydrogen-bond acceptors (Lipinski definition) is 5. The standard InChI is InChI=1S/C16H27N3O4S.K.H/c1-12(2)11-19(15(16(20)21)5-3-4-10-17)24(22,23)14-8-6-13(18)7-9-14;;/h6-9,12,15H,3-5,10-11,17-18H2,1-2H3,(H,20,21);;/t15-;;/m0../s1. The predicted molar refractivity (Wildman–Crippen MR) is 101 cm³/mol. The van der Waals surface area contributed by atoms with Gasteiger partial charge in [0.1, 0.15) is 6.04 Å². The van der Waals surface area contributed by atoms with Gasteiger partial charge in [-0.25, -0.2) is 8.42 Å². The van der Waals surface area contributed by atoms with Crippen molar-refractivity contribution in [3.63, 3.8) is 0 Å². The van der Waals surface area contributed by atoms with Crippen molar-refractivity contribution < 1.29 is 18.3 Å². The Bertz CT molecular complexity index is 635. The first-order valence-electron chi connectivity index (χ1n) is 8.00. The number of rotatable bonds is 10. The van der Waals surface area contributed by atoms with E-state index < -0.39 is 22.0 Å². The molecule has 138 valence electrons. The molecule has 0 aliphatic heterocycles. The van der Waals surface area contributed by atoms with Gasteiger partial charge >= 0.3 is 57.4 Å². The van der Waals surface area contributed by atoms with Crippen molar-refractivity contribution in [3.05, 3.63) is 24.3 Å². The van der Waals surface area contributed by atoms with Crippen LogP contribution in [0.4, 0.5) is 5.69 Å². The van der Waals surface area contributed by atoms with Crippen LogP contribution in [-0.2, 0) is 14.8 Å². The van der Waals surface area contributed by atoms with Crippen molar-refractivity contribution in [1.29, 1.82) is 0 Å². The molecule has 0 saturated heterocycles. The van der Waals surface area contributed by atoms with Crippen LogP contribution in [0.15, 0.2) is 29.2 Å². The first-order chi connectivity index (χ1) is 11.2. The Kier molecular flexibility index (Phi) is 11.7. The molecule has 0 fully saturated rings. The summed E-state index contributed by atoms with van der Waals surface area (Å²) in [6, 6.07) is 4.67. The number of carbonyl (C=O) groups is 1. The van der Waals surface area contributed by atoms with Crippen molar-refractivity contribution in [2.24, 2.45) is 11.7 Å². The molecule has 5 N–H and O–H groups in total. The minimum absolute atomic E-state index is 0. The normalized spacial score (nSPS) is 12.8. The average Bonchev–Trinajstić information content (AvgIpc) is 2.49. The molecule has 0 bridgehead atoms. The Morgan fingerprint density at radius 3 is 2.20 bits per heavy atom. The van der Waals surface area contributed by atoms with E-state index in [1.54, 1.807) is 0 Å². The number of carboxylic acids is 1. The third-order valence-electron chi connectivity index (χ3n) is 3.60. The summed E-state index contributed by atoms with van der Waals surface area (Å²) in [6.45, 7) is 4.28. The summed E-state index contributed by atoms with van der Waals surface area (Å²) < 4.78 is 27.0. The Morgan fingerprint density at radius 1 is 1.20 bits per heavy atom. The van der Waals surface area contributed by atoms with E-state index >= 15 is 0 Å². The van der Waals surface area contributed by atoms with Gasteiger partial charge in [-0.1, -0.05) is 13.8 Å². The Morgan fingerprint density at radius 2 is 1.76 bits per heavy atom. The van der Waals surface area contributed by atoms with Gasteiger partial charge in [-0.3, -0.25) is 4.79 Å². The van der Waals surface area contributed by atoms with Gasteiger partial charge in [-0.05, 0) is 56.0 Å². The zero-order valence-corrected chi connectivity index (χ0v) is 15.0. The molecule has 0 aliphatic carbocycles. The van der Waals surface area contributed by atoms with Crippen LogP contribution < -0.4 is 11.5 Å². The Labute approximate surface area is 192 Å². The molecule has 0 radical (unpaired) electrons. The Balaban J connectivity index is 0.00000576. The SMILES string of the molecule is CC(C)CN([C@@H](CCCCN)C(=O)O)S(=O)(=O)c1ccc(N)cc1.[KH]. The number of nitrogens with zero attached hydrogens (tertiary/aromatic N) is 1. The molecule has 25 heavy (non-hydrogen) atoms. The molecular formula is C16H28KN3O4S. The third kappa shape index (κ3) is 7.63. The first kappa shape index (κ1) is 25.0. The predicted octanol–water partition coefficient (Wildman–Crippen LogP) is 0.849. The molecule has 0 spiro atoms. The second kappa shape index (κ2) is 11.7. The number of sulfonamides is 1. The second-order valence-electron chi connectivity index (χ2n) is 6.18. The van der Waals surface area contributed by atoms with Crippen LogP contribution in [0.5, 0.6) is 0 Å². The summed E-state index contributed by atoms with van der Waals surface area (Å²) in [5, 5.41) is 9.55. The molecule has 1 atom stereocenters. The van der Waals surface area contributed by atoms with Crippen molar-refractivity contribution >= 4 is 73.1 Å². The quantitative estimate of drug-likeness (QED) is 0.305. The number of benzene rings is 1. The van der Waals surface area contributed by atoms with Crippen molar-refractivity contribution in [3.8, 4) is 0 Å². The number of unbranched alkanes of at least 4 members (excludes halogenated alkanes) is 1. The summed E-state index contributed by atoms with van der Waals surface area (Å²) >= 11 is 0. The molecule has 0 amide bonds. The number of nitrogen functional groups attached to an aromatic ring is 1. The van der Waals surface area contributed by atoms with Crippen LogP contribution in [0, 0.1) is 5.92 Å². The zero-order chi connectivity index (χ0) is 18.3. The second-order valence-corrected chi connectivity index (χ2v) is 8.07. The summed E-state index contributed by atoms with van der Waals surface area (Å²) in [5.74, 6) is -1.16. The summed E-state index contributed by atoms with van der Waals surface area (Å²) in [6.07, 6.45) is 1.44. The number of aliphatic carboxylic acids is 1. The zero-order valence-electron chi connectivity index (χ0n) is 14.2. The summed E-state index contributed by atoms with van der Waals surface area (Å²) in [4.78, 5) is 11.7. The van der Waals surface area contributed by atoms with Crippen LogP contribution in [0.1, 0.15) is 33.1 Å². The van der Waals surface area contributed by atoms with Gasteiger partial charge in [0.15, 0.2) is 0 Å². The minimum atomic E-state index is -3.93. The van der Waals surface area contributed by atoms with Gasteiger partial charge in [0.2, 0.25) is 10.0 Å². The molecule has 0 aliphatic rings. The van der Waals surface area contributed by atoms with E-state index in [1.165, 1.54) is 24.3 Å².